The molecule has 0 amide bonds. The number of aliphatic carboxylic acids is 1. The van der Waals surface area contributed by atoms with Gasteiger partial charge in [-0.05, 0) is 38.5 Å². The minimum absolute atomic E-state index is 0.0555. The zero-order chi connectivity index (χ0) is 49.0. The van der Waals surface area contributed by atoms with E-state index in [9.17, 15) is 34.5 Å². The first-order chi connectivity index (χ1) is 32.6. The molecule has 1 aliphatic rings. The number of aliphatic hydroxyl groups excluding tert-OH is 2. The SMILES string of the molecule is CCCC/C=C\CCCCCCCC(=O)OC1C(OCC(COC(=O)CCCCCCCCCCCCCCCCC)OC(=O)CCCCCCCCCCCCC)OC(C(=O)O)C(O)C1O. The second-order valence-electron chi connectivity index (χ2n) is 19.2. The van der Waals surface area contributed by atoms with Gasteiger partial charge < -0.3 is 39.0 Å². The highest BCUT2D eigenvalue weighted by Crippen LogP contribution is 2.26. The lowest BCUT2D eigenvalue weighted by Gasteiger charge is -2.40. The molecule has 392 valence electrons. The minimum Gasteiger partial charge on any atom is -0.479 e. The zero-order valence-electron chi connectivity index (χ0n) is 42.9. The molecular weight excluding hydrogens is 853 g/mol. The zero-order valence-corrected chi connectivity index (χ0v) is 42.9. The van der Waals surface area contributed by atoms with Crippen LogP contribution in [-0.2, 0) is 42.9 Å². The van der Waals surface area contributed by atoms with Crippen molar-refractivity contribution in [3.05, 3.63) is 12.2 Å². The van der Waals surface area contributed by atoms with Crippen LogP contribution in [0.3, 0.4) is 0 Å². The Balaban J connectivity index is 2.69. The summed E-state index contributed by atoms with van der Waals surface area (Å²) >= 11 is 0. The van der Waals surface area contributed by atoms with Crippen LogP contribution in [0.4, 0.5) is 0 Å². The number of carboxylic acid groups (broad SMARTS) is 1. The van der Waals surface area contributed by atoms with Gasteiger partial charge in [0.15, 0.2) is 24.6 Å². The number of carboxylic acids is 1. The fourth-order valence-corrected chi connectivity index (χ4v) is 8.53. The van der Waals surface area contributed by atoms with Gasteiger partial charge in [-0.1, -0.05) is 219 Å². The lowest BCUT2D eigenvalue weighted by atomic mass is 9.98. The van der Waals surface area contributed by atoms with Crippen molar-refractivity contribution >= 4 is 23.9 Å². The fraction of sp³-hybridized carbons (Fsp3) is 0.891. The molecular formula is C55H100O12. The third kappa shape index (κ3) is 35.3. The summed E-state index contributed by atoms with van der Waals surface area (Å²) in [5.74, 6) is -3.10. The first kappa shape index (κ1) is 62.5. The number of hydrogen-bond donors (Lipinski definition) is 3. The van der Waals surface area contributed by atoms with E-state index < -0.39 is 67.3 Å². The second-order valence-corrected chi connectivity index (χ2v) is 19.2. The van der Waals surface area contributed by atoms with Crippen molar-refractivity contribution in [1.82, 2.24) is 0 Å². The normalized spacial score (nSPS) is 18.9. The maximum absolute atomic E-state index is 13.1. The van der Waals surface area contributed by atoms with Crippen LogP contribution in [0.1, 0.15) is 265 Å². The van der Waals surface area contributed by atoms with E-state index >= 15 is 0 Å². The van der Waals surface area contributed by atoms with Crippen molar-refractivity contribution in [2.45, 2.75) is 302 Å². The lowest BCUT2D eigenvalue weighted by Crippen LogP contribution is -2.61. The van der Waals surface area contributed by atoms with Gasteiger partial charge in [0.2, 0.25) is 0 Å². The van der Waals surface area contributed by atoms with Gasteiger partial charge in [-0.15, -0.1) is 0 Å². The monoisotopic (exact) mass is 953 g/mol. The molecule has 1 fully saturated rings. The summed E-state index contributed by atoms with van der Waals surface area (Å²) in [6.07, 6.45) is 34.9. The van der Waals surface area contributed by atoms with Crippen molar-refractivity contribution in [2.75, 3.05) is 13.2 Å². The van der Waals surface area contributed by atoms with Crippen molar-refractivity contribution < 1.29 is 58.2 Å². The summed E-state index contributed by atoms with van der Waals surface area (Å²) in [4.78, 5) is 50.8. The number of unbranched alkanes of at least 4 members (excludes halogenated alkanes) is 31. The quantitative estimate of drug-likeness (QED) is 0.0228. The van der Waals surface area contributed by atoms with Crippen LogP contribution >= 0.6 is 0 Å². The van der Waals surface area contributed by atoms with Crippen LogP contribution in [0.5, 0.6) is 0 Å². The largest absolute Gasteiger partial charge is 0.479 e. The molecule has 0 radical (unpaired) electrons. The average molecular weight is 953 g/mol. The molecule has 0 saturated carbocycles. The molecule has 1 heterocycles. The number of esters is 3. The van der Waals surface area contributed by atoms with E-state index in [1.54, 1.807) is 0 Å². The lowest BCUT2D eigenvalue weighted by molar-refractivity contribution is -0.301. The van der Waals surface area contributed by atoms with Gasteiger partial charge in [-0.2, -0.15) is 0 Å². The van der Waals surface area contributed by atoms with Crippen LogP contribution < -0.4 is 0 Å². The summed E-state index contributed by atoms with van der Waals surface area (Å²) in [5, 5.41) is 31.3. The average Bonchev–Trinajstić information content (AvgIpc) is 3.31. The topological polar surface area (TPSA) is 175 Å². The first-order valence-corrected chi connectivity index (χ1v) is 27.7. The molecule has 67 heavy (non-hydrogen) atoms. The second kappa shape index (κ2) is 44.7. The molecule has 0 aliphatic carbocycles. The van der Waals surface area contributed by atoms with Gasteiger partial charge >= 0.3 is 23.9 Å². The van der Waals surface area contributed by atoms with Crippen LogP contribution in [0.25, 0.3) is 0 Å². The van der Waals surface area contributed by atoms with E-state index in [4.69, 9.17) is 23.7 Å². The van der Waals surface area contributed by atoms with Gasteiger partial charge in [0.05, 0.1) is 6.61 Å². The molecule has 1 aliphatic heterocycles. The number of hydrogen-bond acceptors (Lipinski definition) is 11. The third-order valence-corrected chi connectivity index (χ3v) is 12.8. The van der Waals surface area contributed by atoms with Gasteiger partial charge in [-0.25, -0.2) is 4.79 Å². The minimum atomic E-state index is -1.90. The van der Waals surface area contributed by atoms with Crippen molar-refractivity contribution in [2.24, 2.45) is 0 Å². The maximum Gasteiger partial charge on any atom is 0.335 e. The Labute approximate surface area is 407 Å². The molecule has 0 spiro atoms. The van der Waals surface area contributed by atoms with E-state index in [1.807, 2.05) is 0 Å². The predicted molar refractivity (Wildman–Crippen MR) is 267 cm³/mol. The Morgan fingerprint density at radius 3 is 1.31 bits per heavy atom. The Morgan fingerprint density at radius 2 is 0.866 bits per heavy atom. The molecule has 0 aromatic rings. The smallest absolute Gasteiger partial charge is 0.335 e. The molecule has 12 nitrogen and oxygen atoms in total. The summed E-state index contributed by atoms with van der Waals surface area (Å²) in [7, 11) is 0. The fourth-order valence-electron chi connectivity index (χ4n) is 8.53. The number of carbonyl (C=O) groups is 4. The molecule has 6 unspecified atom stereocenters. The van der Waals surface area contributed by atoms with Crippen LogP contribution in [0.15, 0.2) is 12.2 Å². The van der Waals surface area contributed by atoms with E-state index in [0.717, 1.165) is 77.0 Å². The third-order valence-electron chi connectivity index (χ3n) is 12.8. The highest BCUT2D eigenvalue weighted by Gasteiger charge is 2.50. The molecule has 3 N–H and O–H groups in total. The van der Waals surface area contributed by atoms with E-state index in [2.05, 4.69) is 32.9 Å². The van der Waals surface area contributed by atoms with E-state index in [1.165, 1.54) is 128 Å². The summed E-state index contributed by atoms with van der Waals surface area (Å²) < 4.78 is 28.3. The number of aliphatic hydroxyl groups is 2. The van der Waals surface area contributed by atoms with Crippen LogP contribution in [0.2, 0.25) is 0 Å². The predicted octanol–water partition coefficient (Wildman–Crippen LogP) is 13.3. The molecule has 0 aromatic carbocycles. The van der Waals surface area contributed by atoms with Gasteiger partial charge in [0.25, 0.3) is 0 Å². The number of carbonyl (C=O) groups excluding carboxylic acids is 3. The highest BCUT2D eigenvalue weighted by atomic mass is 16.7. The number of ether oxygens (including phenoxy) is 5. The Kier molecular flexibility index (Phi) is 41.6. The van der Waals surface area contributed by atoms with Gasteiger partial charge in [0.1, 0.15) is 18.8 Å². The Morgan fingerprint density at radius 1 is 0.478 bits per heavy atom. The number of rotatable bonds is 47. The van der Waals surface area contributed by atoms with E-state index in [-0.39, 0.29) is 25.9 Å². The van der Waals surface area contributed by atoms with Crippen molar-refractivity contribution in [3.8, 4) is 0 Å². The first-order valence-electron chi connectivity index (χ1n) is 27.7. The Hall–Kier alpha value is -2.54. The molecule has 6 atom stereocenters. The molecule has 0 aromatic heterocycles. The molecule has 1 saturated heterocycles. The molecule has 12 heteroatoms. The maximum atomic E-state index is 13.1. The molecule has 0 bridgehead atoms. The Bertz CT molecular complexity index is 1230. The number of allylic oxidation sites excluding steroid dienone is 2. The molecule has 1 rings (SSSR count). The van der Waals surface area contributed by atoms with Crippen molar-refractivity contribution in [3.63, 3.8) is 0 Å². The van der Waals surface area contributed by atoms with Gasteiger partial charge in [0, 0.05) is 19.3 Å². The summed E-state index contributed by atoms with van der Waals surface area (Å²) in [5.41, 5.74) is 0. The van der Waals surface area contributed by atoms with Gasteiger partial charge in [-0.3, -0.25) is 14.4 Å². The standard InChI is InChI=1S/C55H100O12/c1-4-7-10-13-16-19-22-23-24-25-28-29-32-35-38-41-47(56)63-44-46(65-48(57)42-39-36-33-30-26-20-17-14-11-8-5-2)45-64-55-53(51(60)50(59)52(67-55)54(61)62)66-49(58)43-40-37-34-31-27-21-18-15-12-9-6-3/h15,18,46,50-53,55,59-60H,4-14,16-17,19-45H2,1-3H3,(H,61,62)/b18-15-. The van der Waals surface area contributed by atoms with E-state index in [0.29, 0.717) is 19.3 Å². The highest BCUT2D eigenvalue weighted by molar-refractivity contribution is 5.74. The van der Waals surface area contributed by atoms with Crippen LogP contribution in [0, 0.1) is 0 Å². The van der Waals surface area contributed by atoms with Crippen molar-refractivity contribution in [1.29, 1.82) is 0 Å². The summed E-state index contributed by atoms with van der Waals surface area (Å²) in [6, 6.07) is 0. The summed E-state index contributed by atoms with van der Waals surface area (Å²) in [6.45, 7) is 5.94. The van der Waals surface area contributed by atoms with Crippen LogP contribution in [-0.4, -0.2) is 89.2 Å².